The van der Waals surface area contributed by atoms with Crippen molar-refractivity contribution < 1.29 is 14.3 Å². The number of benzene rings is 3. The summed E-state index contributed by atoms with van der Waals surface area (Å²) in [4.78, 5) is 4.49. The molecule has 0 radical (unpaired) electrons. The highest BCUT2D eigenvalue weighted by Crippen LogP contribution is 2.42. The maximum absolute atomic E-state index is 8.54. The van der Waals surface area contributed by atoms with Gasteiger partial charge in [0.05, 0.1) is 5.69 Å². The van der Waals surface area contributed by atoms with Crippen molar-refractivity contribution in [1.29, 1.82) is 0 Å². The molecule has 0 aliphatic carbocycles. The SMILES string of the molecule is [2H]C([2H])([2H])c1cnc(-c2cccc3c2oc2ccc4oc5ccccc5c4c23)cc1C([2H])(C)C. The first-order valence-electron chi connectivity index (χ1n) is 11.9. The van der Waals surface area contributed by atoms with E-state index in [-0.39, 0.29) is 5.56 Å². The van der Waals surface area contributed by atoms with Gasteiger partial charge in [-0.05, 0) is 54.2 Å². The Hall–Kier alpha value is -3.59. The molecule has 3 aromatic carbocycles. The van der Waals surface area contributed by atoms with E-state index in [1.165, 1.54) is 6.20 Å². The van der Waals surface area contributed by atoms with Crippen molar-refractivity contribution in [3.05, 3.63) is 78.0 Å². The lowest BCUT2D eigenvalue weighted by Gasteiger charge is -2.11. The van der Waals surface area contributed by atoms with Crippen LogP contribution in [0.5, 0.6) is 0 Å². The fourth-order valence-corrected chi connectivity index (χ4v) is 4.32. The van der Waals surface area contributed by atoms with Crippen molar-refractivity contribution in [2.75, 3.05) is 0 Å². The summed E-state index contributed by atoms with van der Waals surface area (Å²) in [5.41, 5.74) is 4.85. The molecule has 0 aliphatic rings. The van der Waals surface area contributed by atoms with Gasteiger partial charge in [-0.15, -0.1) is 0 Å². The van der Waals surface area contributed by atoms with E-state index in [2.05, 4.69) is 4.98 Å². The van der Waals surface area contributed by atoms with Crippen LogP contribution in [0.1, 0.15) is 36.4 Å². The van der Waals surface area contributed by atoms with Gasteiger partial charge in [0.2, 0.25) is 0 Å². The van der Waals surface area contributed by atoms with Crippen LogP contribution in [-0.2, 0) is 0 Å². The molecule has 0 bridgehead atoms. The summed E-state index contributed by atoms with van der Waals surface area (Å²) < 4.78 is 44.6. The molecule has 0 spiro atoms. The number of hydrogen-bond acceptors (Lipinski definition) is 3. The number of pyridine rings is 1. The largest absolute Gasteiger partial charge is 0.456 e. The van der Waals surface area contributed by atoms with Crippen LogP contribution in [0, 0.1) is 6.85 Å². The third kappa shape index (κ3) is 2.35. The van der Waals surface area contributed by atoms with Gasteiger partial charge in [0.1, 0.15) is 22.3 Å². The van der Waals surface area contributed by atoms with Gasteiger partial charge in [-0.1, -0.05) is 44.2 Å². The van der Waals surface area contributed by atoms with Crippen LogP contribution in [-0.4, -0.2) is 4.98 Å². The molecule has 0 unspecified atom stereocenters. The van der Waals surface area contributed by atoms with Crippen molar-refractivity contribution in [2.24, 2.45) is 0 Å². The molecular weight excluding hydrogens is 370 g/mol. The smallest absolute Gasteiger partial charge is 0.144 e. The number of hydrogen-bond donors (Lipinski definition) is 0. The molecule has 0 atom stereocenters. The zero-order valence-electron chi connectivity index (χ0n) is 20.6. The van der Waals surface area contributed by atoms with Gasteiger partial charge >= 0.3 is 0 Å². The van der Waals surface area contributed by atoms with Crippen LogP contribution in [0.4, 0.5) is 0 Å². The van der Waals surface area contributed by atoms with Crippen molar-refractivity contribution in [2.45, 2.75) is 26.6 Å². The highest BCUT2D eigenvalue weighted by atomic mass is 16.3. The summed E-state index contributed by atoms with van der Waals surface area (Å²) in [6.07, 6.45) is 1.37. The quantitative estimate of drug-likeness (QED) is 0.298. The molecular formula is C27H21NO2. The van der Waals surface area contributed by atoms with E-state index in [4.69, 9.17) is 14.3 Å². The minimum absolute atomic E-state index is 0.0969. The molecule has 3 nitrogen and oxygen atoms in total. The Bertz CT molecular complexity index is 1740. The second kappa shape index (κ2) is 6.20. The summed E-state index contributed by atoms with van der Waals surface area (Å²) in [5.74, 6) is -1.11. The normalized spacial score (nSPS) is 14.9. The maximum atomic E-state index is 8.54. The highest BCUT2D eigenvalue weighted by Gasteiger charge is 2.19. The van der Waals surface area contributed by atoms with Crippen LogP contribution in [0.25, 0.3) is 55.1 Å². The van der Waals surface area contributed by atoms with Crippen molar-refractivity contribution in [1.82, 2.24) is 4.98 Å². The van der Waals surface area contributed by atoms with E-state index in [1.807, 2.05) is 54.6 Å². The van der Waals surface area contributed by atoms with Gasteiger partial charge in [0.15, 0.2) is 0 Å². The second-order valence-electron chi connectivity index (χ2n) is 7.81. The molecule has 0 N–H and O–H groups in total. The van der Waals surface area contributed by atoms with E-state index in [0.717, 1.165) is 43.9 Å². The summed E-state index contributed by atoms with van der Waals surface area (Å²) in [6.45, 7) is 1.02. The molecule has 6 rings (SSSR count). The molecule has 30 heavy (non-hydrogen) atoms. The average molecular weight is 395 g/mol. The summed E-state index contributed by atoms with van der Waals surface area (Å²) >= 11 is 0. The molecule has 0 fully saturated rings. The molecule has 146 valence electrons. The highest BCUT2D eigenvalue weighted by molar-refractivity contribution is 6.26. The standard InChI is InChI=1S/C27H21NO2/c1-15(2)20-13-21(28-14-16(20)3)17-8-6-9-19-26-24(30-27(17)19)12-11-23-25(26)18-7-4-5-10-22(18)29-23/h4-15H,1-3H3/i3D3,15D. The first-order valence-corrected chi connectivity index (χ1v) is 9.90. The van der Waals surface area contributed by atoms with Gasteiger partial charge < -0.3 is 8.83 Å². The van der Waals surface area contributed by atoms with Crippen LogP contribution < -0.4 is 0 Å². The number of nitrogens with zero attached hydrogens (tertiary/aromatic N) is 1. The number of fused-ring (bicyclic) bond motifs is 7. The van der Waals surface area contributed by atoms with Crippen LogP contribution in [0.3, 0.4) is 0 Å². The average Bonchev–Trinajstić information content (AvgIpc) is 3.35. The molecule has 0 aliphatic heterocycles. The van der Waals surface area contributed by atoms with Gasteiger partial charge in [0.25, 0.3) is 0 Å². The lowest BCUT2D eigenvalue weighted by Crippen LogP contribution is -1.95. The molecule has 0 saturated heterocycles. The Balaban J connectivity index is 1.67. The minimum Gasteiger partial charge on any atom is -0.456 e. The van der Waals surface area contributed by atoms with Crippen LogP contribution in [0.2, 0.25) is 0 Å². The van der Waals surface area contributed by atoms with E-state index >= 15 is 0 Å². The summed E-state index contributed by atoms with van der Waals surface area (Å²) in [6, 6.07) is 19.3. The van der Waals surface area contributed by atoms with E-state index < -0.39 is 12.7 Å². The van der Waals surface area contributed by atoms with Crippen molar-refractivity contribution in [3.8, 4) is 11.3 Å². The lowest BCUT2D eigenvalue weighted by molar-refractivity contribution is 0.663. The van der Waals surface area contributed by atoms with Crippen LogP contribution >= 0.6 is 0 Å². The fourth-order valence-electron chi connectivity index (χ4n) is 4.32. The minimum atomic E-state index is -2.35. The summed E-state index contributed by atoms with van der Waals surface area (Å²) in [7, 11) is 0. The Morgan fingerprint density at radius 1 is 0.867 bits per heavy atom. The van der Waals surface area contributed by atoms with Gasteiger partial charge in [-0.2, -0.15) is 0 Å². The lowest BCUT2D eigenvalue weighted by atomic mass is 9.96. The van der Waals surface area contributed by atoms with Crippen LogP contribution in [0.15, 0.2) is 75.7 Å². The number of aromatic nitrogens is 1. The molecule has 3 heteroatoms. The van der Waals surface area contributed by atoms with Crippen molar-refractivity contribution in [3.63, 3.8) is 0 Å². The summed E-state index contributed by atoms with van der Waals surface area (Å²) in [5, 5.41) is 3.93. The number of furan rings is 2. The zero-order valence-corrected chi connectivity index (χ0v) is 16.6. The van der Waals surface area contributed by atoms with Crippen molar-refractivity contribution >= 4 is 43.9 Å². The Kier molecular flexibility index (Phi) is 2.81. The zero-order chi connectivity index (χ0) is 23.8. The van der Waals surface area contributed by atoms with Gasteiger partial charge in [0, 0.05) is 38.8 Å². The molecule has 3 aromatic heterocycles. The van der Waals surface area contributed by atoms with E-state index in [0.29, 0.717) is 16.8 Å². The third-order valence-electron chi connectivity index (χ3n) is 5.72. The topological polar surface area (TPSA) is 39.2 Å². The molecule has 0 amide bonds. The Morgan fingerprint density at radius 2 is 1.63 bits per heavy atom. The Morgan fingerprint density at radius 3 is 2.47 bits per heavy atom. The second-order valence-corrected chi connectivity index (χ2v) is 7.81. The monoisotopic (exact) mass is 395 g/mol. The van der Waals surface area contributed by atoms with E-state index in [9.17, 15) is 0 Å². The fraction of sp³-hybridized carbons (Fsp3) is 0.148. The number of para-hydroxylation sites is 2. The third-order valence-corrected chi connectivity index (χ3v) is 5.72. The number of rotatable bonds is 2. The predicted octanol–water partition coefficient (Wildman–Crippen LogP) is 7.98. The molecule has 6 aromatic rings. The maximum Gasteiger partial charge on any atom is 0.144 e. The predicted molar refractivity (Wildman–Crippen MR) is 123 cm³/mol. The van der Waals surface area contributed by atoms with Gasteiger partial charge in [-0.25, -0.2) is 0 Å². The number of aryl methyl sites for hydroxylation is 1. The molecule has 3 heterocycles. The van der Waals surface area contributed by atoms with Gasteiger partial charge in [-0.3, -0.25) is 4.98 Å². The van der Waals surface area contributed by atoms with E-state index in [1.54, 1.807) is 19.9 Å². The first-order chi connectivity index (χ1) is 16.1. The first kappa shape index (κ1) is 13.6. The molecule has 0 saturated carbocycles. The Labute approximate surface area is 179 Å².